The van der Waals surface area contributed by atoms with Crippen molar-refractivity contribution in [3.63, 3.8) is 0 Å². The van der Waals surface area contributed by atoms with Gasteiger partial charge in [-0.3, -0.25) is 4.79 Å². The maximum absolute atomic E-state index is 13.3. The number of fused-ring (bicyclic) bond motifs is 3. The van der Waals surface area contributed by atoms with E-state index in [-0.39, 0.29) is 48.0 Å². The summed E-state index contributed by atoms with van der Waals surface area (Å²) in [6.07, 6.45) is -0.382. The highest BCUT2D eigenvalue weighted by Gasteiger charge is 2.45. The Morgan fingerprint density at radius 1 is 1.00 bits per heavy atom. The number of halogens is 2. The molecule has 2 atom stereocenters. The highest BCUT2D eigenvalue weighted by molar-refractivity contribution is 5.98. The Bertz CT molecular complexity index is 1010. The molecule has 2 unspecified atom stereocenters. The molecule has 0 spiro atoms. The first-order valence-electron chi connectivity index (χ1n) is 10.8. The monoisotopic (exact) mass is 443 g/mol. The number of alkyl halides is 2. The molecule has 0 radical (unpaired) electrons. The molecule has 0 N–H and O–H groups in total. The van der Waals surface area contributed by atoms with E-state index in [1.807, 2.05) is 30.3 Å². The van der Waals surface area contributed by atoms with E-state index in [0.717, 1.165) is 24.8 Å². The number of carbonyl (C=O) groups is 2. The van der Waals surface area contributed by atoms with E-state index >= 15 is 0 Å². The number of rotatable bonds is 4. The summed E-state index contributed by atoms with van der Waals surface area (Å²) in [4.78, 5) is 27.8. The van der Waals surface area contributed by atoms with Crippen molar-refractivity contribution in [3.05, 3.63) is 59.7 Å². The lowest BCUT2D eigenvalue weighted by molar-refractivity contribution is -0.286. The molecular formula is C24H23F2NO5. The number of amides is 1. The smallest absolute Gasteiger partial charge is 0.445 e. The van der Waals surface area contributed by atoms with Crippen LogP contribution in [0.25, 0.3) is 0 Å². The average molecular weight is 443 g/mol. The summed E-state index contributed by atoms with van der Waals surface area (Å²) in [5.41, 5.74) is 1.23. The number of piperidine rings is 2. The first-order chi connectivity index (χ1) is 15.4. The van der Waals surface area contributed by atoms with Crippen LogP contribution in [0.4, 0.5) is 13.6 Å². The second kappa shape index (κ2) is 8.07. The van der Waals surface area contributed by atoms with Gasteiger partial charge in [0.25, 0.3) is 0 Å². The van der Waals surface area contributed by atoms with E-state index in [4.69, 9.17) is 4.74 Å². The van der Waals surface area contributed by atoms with E-state index in [9.17, 15) is 18.4 Å². The topological polar surface area (TPSA) is 65.1 Å². The van der Waals surface area contributed by atoms with Crippen molar-refractivity contribution in [2.75, 3.05) is 0 Å². The summed E-state index contributed by atoms with van der Waals surface area (Å²) >= 11 is 0. The molecule has 6 nitrogen and oxygen atoms in total. The van der Waals surface area contributed by atoms with Gasteiger partial charge in [-0.2, -0.15) is 0 Å². The van der Waals surface area contributed by atoms with Crippen LogP contribution in [0.15, 0.2) is 48.5 Å². The molecule has 2 saturated heterocycles. The highest BCUT2D eigenvalue weighted by Crippen LogP contribution is 2.43. The van der Waals surface area contributed by atoms with Gasteiger partial charge < -0.3 is 19.1 Å². The van der Waals surface area contributed by atoms with Gasteiger partial charge in [0.1, 0.15) is 6.61 Å². The minimum atomic E-state index is -3.72. The van der Waals surface area contributed by atoms with Crippen LogP contribution in [0.5, 0.6) is 11.5 Å². The molecule has 0 aromatic heterocycles. The number of hydrogen-bond acceptors (Lipinski definition) is 5. The molecule has 32 heavy (non-hydrogen) atoms. The molecule has 2 aromatic rings. The second-order valence-corrected chi connectivity index (χ2v) is 8.55. The zero-order chi connectivity index (χ0) is 22.3. The molecule has 3 heterocycles. The summed E-state index contributed by atoms with van der Waals surface area (Å²) in [6.45, 7) is 0.208. The van der Waals surface area contributed by atoms with Gasteiger partial charge in [0.15, 0.2) is 17.3 Å². The van der Waals surface area contributed by atoms with Crippen LogP contribution in [0.3, 0.4) is 0 Å². The molecule has 3 aliphatic heterocycles. The van der Waals surface area contributed by atoms with E-state index in [1.54, 1.807) is 4.90 Å². The molecule has 1 amide bonds. The Labute approximate surface area is 184 Å². The molecular weight excluding hydrogens is 420 g/mol. The third kappa shape index (κ3) is 4.01. The van der Waals surface area contributed by atoms with E-state index < -0.39 is 6.29 Å². The summed E-state index contributed by atoms with van der Waals surface area (Å²) in [5.74, 6) is -0.632. The largest absolute Gasteiger partial charge is 0.586 e. The van der Waals surface area contributed by atoms with Crippen LogP contribution >= 0.6 is 0 Å². The zero-order valence-corrected chi connectivity index (χ0v) is 17.3. The Morgan fingerprint density at radius 2 is 1.69 bits per heavy atom. The van der Waals surface area contributed by atoms with E-state index in [0.29, 0.717) is 18.4 Å². The second-order valence-electron chi connectivity index (χ2n) is 8.55. The fraction of sp³-hybridized carbons (Fsp3) is 0.417. The van der Waals surface area contributed by atoms with Crippen molar-refractivity contribution < 1.29 is 32.6 Å². The van der Waals surface area contributed by atoms with Crippen LogP contribution in [-0.4, -0.2) is 35.2 Å². The Hall–Kier alpha value is -3.16. The van der Waals surface area contributed by atoms with Gasteiger partial charge in [0, 0.05) is 23.6 Å². The van der Waals surface area contributed by atoms with Crippen molar-refractivity contribution in [1.82, 2.24) is 4.90 Å². The Balaban J connectivity index is 1.26. The number of carbonyl (C=O) groups excluding carboxylic acids is 2. The highest BCUT2D eigenvalue weighted by atomic mass is 19.3. The number of Topliss-reactive ketones (excluding diaryl/α,β-unsaturated/α-hetero) is 1. The molecule has 3 aliphatic rings. The van der Waals surface area contributed by atoms with Gasteiger partial charge in [0.2, 0.25) is 0 Å². The third-order valence-electron chi connectivity index (χ3n) is 6.45. The van der Waals surface area contributed by atoms with Gasteiger partial charge in [0.05, 0.1) is 0 Å². The molecule has 168 valence electrons. The standard InChI is InChI=1S/C24H23F2NO5/c25-24(26)31-20-10-9-16(13-21(20)32-24)22(28)17-11-18-7-4-8-19(12-17)27(18)23(29)30-14-15-5-2-1-3-6-15/h1-3,5-6,9-10,13,17-19H,4,7-8,11-12,14H2. The molecule has 2 fully saturated rings. The maximum Gasteiger partial charge on any atom is 0.586 e. The van der Waals surface area contributed by atoms with Gasteiger partial charge >= 0.3 is 12.4 Å². The van der Waals surface area contributed by atoms with Crippen molar-refractivity contribution in [3.8, 4) is 11.5 Å². The lowest BCUT2D eigenvalue weighted by Crippen LogP contribution is -2.55. The lowest BCUT2D eigenvalue weighted by Gasteiger charge is -2.47. The van der Waals surface area contributed by atoms with E-state index in [1.165, 1.54) is 18.2 Å². The molecule has 0 saturated carbocycles. The van der Waals surface area contributed by atoms with Crippen molar-refractivity contribution >= 4 is 11.9 Å². The quantitative estimate of drug-likeness (QED) is 0.611. The van der Waals surface area contributed by atoms with Crippen molar-refractivity contribution in [2.45, 2.75) is 57.1 Å². The van der Waals surface area contributed by atoms with Crippen LogP contribution in [0, 0.1) is 5.92 Å². The first kappa shape index (κ1) is 20.7. The molecule has 8 heteroatoms. The predicted molar refractivity (Wildman–Crippen MR) is 110 cm³/mol. The number of ether oxygens (including phenoxy) is 3. The van der Waals surface area contributed by atoms with Crippen LogP contribution in [-0.2, 0) is 11.3 Å². The molecule has 2 bridgehead atoms. The molecule has 2 aromatic carbocycles. The van der Waals surface area contributed by atoms with Crippen LogP contribution in [0.1, 0.15) is 48.0 Å². The summed E-state index contributed by atoms with van der Waals surface area (Å²) in [7, 11) is 0. The number of benzene rings is 2. The van der Waals surface area contributed by atoms with Crippen LogP contribution < -0.4 is 9.47 Å². The zero-order valence-electron chi connectivity index (χ0n) is 17.3. The maximum atomic E-state index is 13.3. The summed E-state index contributed by atoms with van der Waals surface area (Å²) < 4.78 is 41.0. The van der Waals surface area contributed by atoms with Crippen LogP contribution in [0.2, 0.25) is 0 Å². The normalized spacial score (nSPS) is 25.3. The summed E-state index contributed by atoms with van der Waals surface area (Å²) in [5, 5.41) is 0. The fourth-order valence-corrected chi connectivity index (χ4v) is 5.03. The minimum Gasteiger partial charge on any atom is -0.445 e. The predicted octanol–water partition coefficient (Wildman–Crippen LogP) is 5.16. The number of nitrogens with zero attached hydrogens (tertiary/aromatic N) is 1. The number of ketones is 1. The van der Waals surface area contributed by atoms with Crippen molar-refractivity contribution in [1.29, 1.82) is 0 Å². The molecule has 5 rings (SSSR count). The third-order valence-corrected chi connectivity index (χ3v) is 6.45. The lowest BCUT2D eigenvalue weighted by atomic mass is 9.76. The van der Waals surface area contributed by atoms with Gasteiger partial charge in [-0.15, -0.1) is 8.78 Å². The van der Waals surface area contributed by atoms with E-state index in [2.05, 4.69) is 9.47 Å². The van der Waals surface area contributed by atoms with Gasteiger partial charge in [-0.05, 0) is 55.9 Å². The Kier molecular flexibility index (Phi) is 5.23. The van der Waals surface area contributed by atoms with Gasteiger partial charge in [-0.1, -0.05) is 30.3 Å². The van der Waals surface area contributed by atoms with Gasteiger partial charge in [-0.25, -0.2) is 4.79 Å². The minimum absolute atomic E-state index is 0.0712. The molecule has 0 aliphatic carbocycles. The fourth-order valence-electron chi connectivity index (χ4n) is 5.03. The summed E-state index contributed by atoms with van der Waals surface area (Å²) in [6, 6.07) is 13.5. The van der Waals surface area contributed by atoms with Crippen molar-refractivity contribution in [2.24, 2.45) is 5.92 Å². The Morgan fingerprint density at radius 3 is 2.41 bits per heavy atom. The number of hydrogen-bond donors (Lipinski definition) is 0. The first-order valence-corrected chi connectivity index (χ1v) is 10.8. The SMILES string of the molecule is O=C(c1ccc2c(c1)OC(F)(F)O2)C1CC2CCCC(C1)N2C(=O)OCc1ccccc1. The average Bonchev–Trinajstić information content (AvgIpc) is 3.09.